The molecular weight excluding hydrogens is 354 g/mol. The lowest BCUT2D eigenvalue weighted by atomic mass is 10.1. The van der Waals surface area contributed by atoms with Gasteiger partial charge in [0.15, 0.2) is 5.13 Å². The van der Waals surface area contributed by atoms with Gasteiger partial charge in [-0.2, -0.15) is 0 Å². The number of non-ortho nitro benzene ring substituents is 1. The summed E-state index contributed by atoms with van der Waals surface area (Å²) in [7, 11) is 0. The Morgan fingerprint density at radius 1 is 1.27 bits per heavy atom. The van der Waals surface area contributed by atoms with Crippen LogP contribution >= 0.6 is 11.3 Å². The van der Waals surface area contributed by atoms with Crippen molar-refractivity contribution in [1.29, 1.82) is 0 Å². The van der Waals surface area contributed by atoms with Gasteiger partial charge >= 0.3 is 5.97 Å². The highest BCUT2D eigenvalue weighted by atomic mass is 32.1. The molecule has 0 fully saturated rings. The first-order valence-corrected chi connectivity index (χ1v) is 8.69. The number of carbonyl (C=O) groups excluding carboxylic acids is 1. The van der Waals surface area contributed by atoms with Gasteiger partial charge in [0, 0.05) is 28.8 Å². The molecule has 7 nitrogen and oxygen atoms in total. The van der Waals surface area contributed by atoms with E-state index in [-0.39, 0.29) is 11.7 Å². The Balaban J connectivity index is 1.79. The highest BCUT2D eigenvalue weighted by Crippen LogP contribution is 2.29. The second-order valence-electron chi connectivity index (χ2n) is 5.27. The monoisotopic (exact) mass is 369 g/mol. The van der Waals surface area contributed by atoms with Gasteiger partial charge in [0.05, 0.1) is 22.8 Å². The third kappa shape index (κ3) is 4.04. The van der Waals surface area contributed by atoms with Crippen molar-refractivity contribution in [3.05, 3.63) is 69.6 Å². The minimum atomic E-state index is -0.435. The third-order valence-electron chi connectivity index (χ3n) is 3.48. The summed E-state index contributed by atoms with van der Waals surface area (Å²) in [4.78, 5) is 26.7. The molecule has 0 atom stereocenters. The quantitative estimate of drug-likeness (QED) is 0.386. The first-order valence-electron chi connectivity index (χ1n) is 7.81. The molecule has 132 valence electrons. The Labute approximate surface area is 153 Å². The van der Waals surface area contributed by atoms with Gasteiger partial charge in [0.1, 0.15) is 0 Å². The van der Waals surface area contributed by atoms with Crippen molar-refractivity contribution >= 4 is 33.8 Å². The molecular formula is C18H15N3O4S. The number of esters is 1. The molecule has 3 rings (SSSR count). The number of nitro benzene ring substituents is 1. The van der Waals surface area contributed by atoms with Gasteiger partial charge in [-0.15, -0.1) is 11.3 Å². The summed E-state index contributed by atoms with van der Waals surface area (Å²) in [5.74, 6) is -0.382. The second kappa shape index (κ2) is 7.75. The molecule has 3 aromatic rings. The highest BCUT2D eigenvalue weighted by Gasteiger charge is 2.11. The van der Waals surface area contributed by atoms with E-state index in [1.807, 2.05) is 11.4 Å². The predicted octanol–water partition coefficient (Wildman–Crippen LogP) is 4.64. The van der Waals surface area contributed by atoms with Crippen LogP contribution < -0.4 is 5.32 Å². The van der Waals surface area contributed by atoms with Crippen LogP contribution in [0.2, 0.25) is 0 Å². The fourth-order valence-corrected chi connectivity index (χ4v) is 3.04. The molecule has 0 spiro atoms. The number of hydrogen-bond acceptors (Lipinski definition) is 7. The van der Waals surface area contributed by atoms with E-state index in [2.05, 4.69) is 10.3 Å². The number of hydrogen-bond donors (Lipinski definition) is 1. The minimum Gasteiger partial charge on any atom is -0.462 e. The smallest absolute Gasteiger partial charge is 0.338 e. The van der Waals surface area contributed by atoms with E-state index in [1.54, 1.807) is 37.3 Å². The molecule has 26 heavy (non-hydrogen) atoms. The molecule has 1 aromatic heterocycles. The molecule has 0 saturated heterocycles. The van der Waals surface area contributed by atoms with Crippen LogP contribution in [-0.2, 0) is 4.74 Å². The second-order valence-corrected chi connectivity index (χ2v) is 6.13. The topological polar surface area (TPSA) is 94.4 Å². The van der Waals surface area contributed by atoms with Crippen LogP contribution in [-0.4, -0.2) is 22.5 Å². The third-order valence-corrected chi connectivity index (χ3v) is 4.24. The Kier molecular flexibility index (Phi) is 5.23. The van der Waals surface area contributed by atoms with Crippen molar-refractivity contribution < 1.29 is 14.5 Å². The largest absolute Gasteiger partial charge is 0.462 e. The van der Waals surface area contributed by atoms with Crippen LogP contribution in [0.1, 0.15) is 17.3 Å². The van der Waals surface area contributed by atoms with E-state index in [0.29, 0.717) is 34.2 Å². The highest BCUT2D eigenvalue weighted by molar-refractivity contribution is 7.14. The van der Waals surface area contributed by atoms with Crippen molar-refractivity contribution in [3.63, 3.8) is 0 Å². The molecule has 1 N–H and O–H groups in total. The van der Waals surface area contributed by atoms with E-state index >= 15 is 0 Å². The van der Waals surface area contributed by atoms with Crippen LogP contribution in [0.15, 0.2) is 53.9 Å². The Hall–Kier alpha value is -3.26. The molecule has 0 aliphatic carbocycles. The molecule has 0 bridgehead atoms. The number of nitrogens with zero attached hydrogens (tertiary/aromatic N) is 2. The molecule has 0 saturated carbocycles. The summed E-state index contributed by atoms with van der Waals surface area (Å²) in [6.07, 6.45) is 0. The van der Waals surface area contributed by atoms with E-state index in [4.69, 9.17) is 4.74 Å². The number of rotatable bonds is 6. The summed E-state index contributed by atoms with van der Waals surface area (Å²) < 4.78 is 4.99. The van der Waals surface area contributed by atoms with Crippen LogP contribution in [0.25, 0.3) is 11.3 Å². The van der Waals surface area contributed by atoms with Crippen molar-refractivity contribution in [2.45, 2.75) is 6.92 Å². The van der Waals surface area contributed by atoms with E-state index in [1.165, 1.54) is 23.5 Å². The SMILES string of the molecule is CCOC(=O)c1cccc(Nc2nc(-c3cccc([N+](=O)[O-])c3)cs2)c1. The fraction of sp³-hybridized carbons (Fsp3) is 0.111. The van der Waals surface area contributed by atoms with Crippen molar-refractivity contribution in [2.75, 3.05) is 11.9 Å². The molecule has 0 unspecified atom stereocenters. The van der Waals surface area contributed by atoms with Gasteiger partial charge in [0.25, 0.3) is 5.69 Å². The number of nitrogens with one attached hydrogen (secondary N) is 1. The molecule has 2 aromatic carbocycles. The standard InChI is InChI=1S/C18H15N3O4S/c1-2-25-17(22)13-6-3-7-14(9-13)19-18-20-16(11-26-18)12-5-4-8-15(10-12)21(23)24/h3-11H,2H2,1H3,(H,19,20). The lowest BCUT2D eigenvalue weighted by molar-refractivity contribution is -0.384. The van der Waals surface area contributed by atoms with Gasteiger partial charge < -0.3 is 10.1 Å². The summed E-state index contributed by atoms with van der Waals surface area (Å²) in [6.45, 7) is 2.07. The molecule has 0 amide bonds. The minimum absolute atomic E-state index is 0.0205. The van der Waals surface area contributed by atoms with Crippen LogP contribution in [0.3, 0.4) is 0 Å². The molecule has 0 radical (unpaired) electrons. The van der Waals surface area contributed by atoms with Gasteiger partial charge in [0.2, 0.25) is 0 Å². The van der Waals surface area contributed by atoms with E-state index < -0.39 is 4.92 Å². The molecule has 0 aliphatic rings. The normalized spacial score (nSPS) is 10.3. The Bertz CT molecular complexity index is 955. The molecule has 0 aliphatic heterocycles. The first kappa shape index (κ1) is 17.6. The average molecular weight is 369 g/mol. The zero-order chi connectivity index (χ0) is 18.5. The van der Waals surface area contributed by atoms with Crippen LogP contribution in [0.4, 0.5) is 16.5 Å². The number of aromatic nitrogens is 1. The van der Waals surface area contributed by atoms with Gasteiger partial charge in [-0.25, -0.2) is 9.78 Å². The predicted molar refractivity (Wildman–Crippen MR) is 99.9 cm³/mol. The maximum Gasteiger partial charge on any atom is 0.338 e. The summed E-state index contributed by atoms with van der Waals surface area (Å²) >= 11 is 1.37. The lowest BCUT2D eigenvalue weighted by Gasteiger charge is -2.05. The number of anilines is 2. The number of thiazole rings is 1. The summed E-state index contributed by atoms with van der Waals surface area (Å²) in [5.41, 5.74) is 2.49. The van der Waals surface area contributed by atoms with Crippen molar-refractivity contribution in [2.24, 2.45) is 0 Å². The van der Waals surface area contributed by atoms with Crippen molar-refractivity contribution in [1.82, 2.24) is 4.98 Å². The van der Waals surface area contributed by atoms with E-state index in [9.17, 15) is 14.9 Å². The maximum atomic E-state index is 11.8. The van der Waals surface area contributed by atoms with Gasteiger partial charge in [-0.1, -0.05) is 18.2 Å². The molecule has 8 heteroatoms. The number of ether oxygens (including phenoxy) is 1. The zero-order valence-corrected chi connectivity index (χ0v) is 14.7. The number of nitro groups is 1. The molecule has 1 heterocycles. The fourth-order valence-electron chi connectivity index (χ4n) is 2.30. The Morgan fingerprint density at radius 2 is 2.08 bits per heavy atom. The lowest BCUT2D eigenvalue weighted by Crippen LogP contribution is -2.04. The summed E-state index contributed by atoms with van der Waals surface area (Å²) in [5, 5.41) is 16.5. The zero-order valence-electron chi connectivity index (χ0n) is 13.8. The van der Waals surface area contributed by atoms with Crippen LogP contribution in [0.5, 0.6) is 0 Å². The van der Waals surface area contributed by atoms with Crippen molar-refractivity contribution in [3.8, 4) is 11.3 Å². The van der Waals surface area contributed by atoms with Gasteiger partial charge in [-0.3, -0.25) is 10.1 Å². The van der Waals surface area contributed by atoms with Gasteiger partial charge in [-0.05, 0) is 25.1 Å². The van der Waals surface area contributed by atoms with Crippen LogP contribution in [0, 0.1) is 10.1 Å². The first-order chi connectivity index (χ1) is 12.6. The summed E-state index contributed by atoms with van der Waals surface area (Å²) in [6, 6.07) is 13.3. The average Bonchev–Trinajstić information content (AvgIpc) is 3.11. The Morgan fingerprint density at radius 3 is 2.85 bits per heavy atom. The maximum absolute atomic E-state index is 11.8. The number of benzene rings is 2. The van der Waals surface area contributed by atoms with E-state index in [0.717, 1.165) is 0 Å². The number of carbonyl (C=O) groups is 1.